The van der Waals surface area contributed by atoms with Crippen LogP contribution in [-0.4, -0.2) is 45.2 Å². The number of methoxy groups -OCH3 is 3. The van der Waals surface area contributed by atoms with Crippen molar-refractivity contribution < 1.29 is 19.0 Å². The van der Waals surface area contributed by atoms with E-state index < -0.39 is 0 Å². The highest BCUT2D eigenvalue weighted by Crippen LogP contribution is 2.38. The molecule has 0 saturated heterocycles. The van der Waals surface area contributed by atoms with Crippen LogP contribution in [0.25, 0.3) is 0 Å². The van der Waals surface area contributed by atoms with Crippen LogP contribution in [0.5, 0.6) is 17.2 Å². The van der Waals surface area contributed by atoms with Crippen molar-refractivity contribution in [1.29, 1.82) is 0 Å². The number of hydrogen-bond acceptors (Lipinski definition) is 5. The van der Waals surface area contributed by atoms with Crippen molar-refractivity contribution in [2.45, 2.75) is 20.4 Å². The van der Waals surface area contributed by atoms with Crippen molar-refractivity contribution in [1.82, 2.24) is 4.90 Å². The number of nitrogens with zero attached hydrogens (tertiary/aromatic N) is 1. The number of rotatable bonds is 9. The van der Waals surface area contributed by atoms with Gasteiger partial charge in [0.25, 0.3) is 5.91 Å². The molecule has 0 aliphatic heterocycles. The molecule has 0 unspecified atom stereocenters. The smallest absolute Gasteiger partial charge is 0.255 e. The summed E-state index contributed by atoms with van der Waals surface area (Å²) in [6, 6.07) is 11.1. The number of carbonyl (C=O) groups excluding carboxylic acids is 1. The van der Waals surface area contributed by atoms with Crippen LogP contribution < -0.4 is 19.5 Å². The van der Waals surface area contributed by atoms with Crippen LogP contribution in [0.4, 0.5) is 5.69 Å². The minimum Gasteiger partial charge on any atom is -0.493 e. The summed E-state index contributed by atoms with van der Waals surface area (Å²) >= 11 is 0. The molecule has 0 fully saturated rings. The van der Waals surface area contributed by atoms with Gasteiger partial charge in [0.1, 0.15) is 0 Å². The molecule has 0 aliphatic carbocycles. The highest BCUT2D eigenvalue weighted by atomic mass is 16.5. The van der Waals surface area contributed by atoms with Gasteiger partial charge in [-0.3, -0.25) is 9.69 Å². The molecule has 0 atom stereocenters. The Morgan fingerprint density at radius 1 is 0.926 bits per heavy atom. The fraction of sp³-hybridized carbons (Fsp3) is 0.381. The maximum absolute atomic E-state index is 12.6. The quantitative estimate of drug-likeness (QED) is 0.725. The molecule has 146 valence electrons. The van der Waals surface area contributed by atoms with Crippen LogP contribution in [0, 0.1) is 0 Å². The Balaban J connectivity index is 2.15. The molecule has 0 aromatic heterocycles. The van der Waals surface area contributed by atoms with Crippen LogP contribution in [0.1, 0.15) is 29.8 Å². The normalized spacial score (nSPS) is 10.6. The molecule has 6 heteroatoms. The average molecular weight is 372 g/mol. The van der Waals surface area contributed by atoms with E-state index in [1.165, 1.54) is 26.9 Å². The Hall–Kier alpha value is -2.73. The Kier molecular flexibility index (Phi) is 7.49. The zero-order chi connectivity index (χ0) is 19.8. The van der Waals surface area contributed by atoms with Crippen molar-refractivity contribution >= 4 is 11.6 Å². The van der Waals surface area contributed by atoms with Gasteiger partial charge in [0, 0.05) is 17.8 Å². The second-order valence-corrected chi connectivity index (χ2v) is 6.03. The SMILES string of the molecule is CCN(CC)Cc1ccc(NC(=O)c2cc(OC)c(OC)c(OC)c2)cc1. The van der Waals surface area contributed by atoms with E-state index in [4.69, 9.17) is 14.2 Å². The van der Waals surface area contributed by atoms with Gasteiger partial charge in [0.2, 0.25) is 5.75 Å². The molecule has 0 aliphatic rings. The number of nitrogens with one attached hydrogen (secondary N) is 1. The van der Waals surface area contributed by atoms with Crippen molar-refractivity contribution in [3.63, 3.8) is 0 Å². The van der Waals surface area contributed by atoms with E-state index in [9.17, 15) is 4.79 Å². The van der Waals surface area contributed by atoms with Crippen LogP contribution in [0.2, 0.25) is 0 Å². The minimum absolute atomic E-state index is 0.245. The third kappa shape index (κ3) is 5.14. The predicted octanol–water partition coefficient (Wildman–Crippen LogP) is 3.81. The van der Waals surface area contributed by atoms with Crippen molar-refractivity contribution in [3.05, 3.63) is 47.5 Å². The fourth-order valence-electron chi connectivity index (χ4n) is 2.81. The standard InChI is InChI=1S/C21H28N2O4/c1-6-23(7-2)14-15-8-10-17(11-9-15)22-21(24)16-12-18(25-3)20(27-5)19(13-16)26-4/h8-13H,6-7,14H2,1-5H3,(H,22,24). The van der Waals surface area contributed by atoms with Gasteiger partial charge in [-0.1, -0.05) is 26.0 Å². The first-order valence-corrected chi connectivity index (χ1v) is 8.98. The summed E-state index contributed by atoms with van der Waals surface area (Å²) in [6.45, 7) is 7.21. The van der Waals surface area contributed by atoms with Crippen LogP contribution in [0.3, 0.4) is 0 Å². The number of benzene rings is 2. The summed E-state index contributed by atoms with van der Waals surface area (Å²) in [6.07, 6.45) is 0. The Labute approximate surface area is 161 Å². The number of ether oxygens (including phenoxy) is 3. The van der Waals surface area contributed by atoms with E-state index in [2.05, 4.69) is 24.1 Å². The summed E-state index contributed by atoms with van der Waals surface area (Å²) in [5, 5.41) is 2.90. The van der Waals surface area contributed by atoms with E-state index in [1.807, 2.05) is 24.3 Å². The molecule has 0 saturated carbocycles. The fourth-order valence-corrected chi connectivity index (χ4v) is 2.81. The number of amides is 1. The first-order valence-electron chi connectivity index (χ1n) is 8.98. The summed E-state index contributed by atoms with van der Waals surface area (Å²) in [4.78, 5) is 15.0. The minimum atomic E-state index is -0.245. The van der Waals surface area contributed by atoms with Gasteiger partial charge >= 0.3 is 0 Å². The second-order valence-electron chi connectivity index (χ2n) is 6.03. The highest BCUT2D eigenvalue weighted by Gasteiger charge is 2.17. The van der Waals surface area contributed by atoms with Gasteiger partial charge in [-0.05, 0) is 42.9 Å². The average Bonchev–Trinajstić information content (AvgIpc) is 2.71. The molecule has 1 N–H and O–H groups in total. The Morgan fingerprint density at radius 2 is 1.48 bits per heavy atom. The topological polar surface area (TPSA) is 60.0 Å². The summed E-state index contributed by atoms with van der Waals surface area (Å²) in [7, 11) is 4.57. The molecule has 0 spiro atoms. The zero-order valence-electron chi connectivity index (χ0n) is 16.7. The third-order valence-electron chi connectivity index (χ3n) is 4.44. The van der Waals surface area contributed by atoms with Gasteiger partial charge in [-0.15, -0.1) is 0 Å². The van der Waals surface area contributed by atoms with Gasteiger partial charge in [0.15, 0.2) is 11.5 Å². The van der Waals surface area contributed by atoms with E-state index in [0.29, 0.717) is 22.8 Å². The number of anilines is 1. The lowest BCUT2D eigenvalue weighted by Crippen LogP contribution is -2.22. The molecule has 2 rings (SSSR count). The predicted molar refractivity (Wildman–Crippen MR) is 107 cm³/mol. The lowest BCUT2D eigenvalue weighted by atomic mass is 10.1. The summed E-state index contributed by atoms with van der Waals surface area (Å²) in [5.41, 5.74) is 2.37. The number of carbonyl (C=O) groups is 1. The largest absolute Gasteiger partial charge is 0.493 e. The molecule has 2 aromatic rings. The first kappa shape index (κ1) is 20.6. The molecule has 2 aromatic carbocycles. The van der Waals surface area contributed by atoms with Crippen molar-refractivity contribution in [2.24, 2.45) is 0 Å². The molecule has 0 bridgehead atoms. The van der Waals surface area contributed by atoms with Crippen LogP contribution in [0.15, 0.2) is 36.4 Å². The molecule has 1 amide bonds. The van der Waals surface area contributed by atoms with E-state index in [-0.39, 0.29) is 5.91 Å². The van der Waals surface area contributed by atoms with Crippen LogP contribution >= 0.6 is 0 Å². The van der Waals surface area contributed by atoms with Gasteiger partial charge in [-0.2, -0.15) is 0 Å². The molecule has 27 heavy (non-hydrogen) atoms. The lowest BCUT2D eigenvalue weighted by Gasteiger charge is -2.18. The first-order chi connectivity index (χ1) is 13.1. The maximum Gasteiger partial charge on any atom is 0.255 e. The molecular formula is C21H28N2O4. The van der Waals surface area contributed by atoms with E-state index >= 15 is 0 Å². The Bertz CT molecular complexity index is 730. The molecule has 0 radical (unpaired) electrons. The van der Waals surface area contributed by atoms with E-state index in [1.54, 1.807) is 12.1 Å². The number of hydrogen-bond donors (Lipinski definition) is 1. The lowest BCUT2D eigenvalue weighted by molar-refractivity contribution is 0.102. The zero-order valence-corrected chi connectivity index (χ0v) is 16.7. The third-order valence-corrected chi connectivity index (χ3v) is 4.44. The van der Waals surface area contributed by atoms with E-state index in [0.717, 1.165) is 25.3 Å². The van der Waals surface area contributed by atoms with Crippen LogP contribution in [-0.2, 0) is 6.54 Å². The molecule has 6 nitrogen and oxygen atoms in total. The van der Waals surface area contributed by atoms with Gasteiger partial charge in [-0.25, -0.2) is 0 Å². The summed E-state index contributed by atoms with van der Waals surface area (Å²) in [5.74, 6) is 1.09. The van der Waals surface area contributed by atoms with Crippen molar-refractivity contribution in [3.8, 4) is 17.2 Å². The molecule has 0 heterocycles. The van der Waals surface area contributed by atoms with Gasteiger partial charge < -0.3 is 19.5 Å². The monoisotopic (exact) mass is 372 g/mol. The second kappa shape index (κ2) is 9.83. The Morgan fingerprint density at radius 3 is 1.93 bits per heavy atom. The van der Waals surface area contributed by atoms with Crippen molar-refractivity contribution in [2.75, 3.05) is 39.7 Å². The summed E-state index contributed by atoms with van der Waals surface area (Å²) < 4.78 is 15.9. The highest BCUT2D eigenvalue weighted by molar-refractivity contribution is 6.05. The molecular weight excluding hydrogens is 344 g/mol. The van der Waals surface area contributed by atoms with Gasteiger partial charge in [0.05, 0.1) is 21.3 Å². The maximum atomic E-state index is 12.6.